The van der Waals surface area contributed by atoms with E-state index in [9.17, 15) is 19.5 Å². The summed E-state index contributed by atoms with van der Waals surface area (Å²) in [4.78, 5) is 39.5. The summed E-state index contributed by atoms with van der Waals surface area (Å²) in [6, 6.07) is 7.62. The summed E-state index contributed by atoms with van der Waals surface area (Å²) in [6.45, 7) is 3.74. The Kier molecular flexibility index (Phi) is 8.07. The number of nitrogens with zero attached hydrogens (tertiary/aromatic N) is 1. The van der Waals surface area contributed by atoms with Gasteiger partial charge in [-0.2, -0.15) is 0 Å². The number of fused-ring (bicyclic) bond motifs is 1. The van der Waals surface area contributed by atoms with Crippen molar-refractivity contribution in [2.75, 3.05) is 6.61 Å². The summed E-state index contributed by atoms with van der Waals surface area (Å²) >= 11 is 0. The number of carboxylic acids is 1. The van der Waals surface area contributed by atoms with Gasteiger partial charge in [-0.15, -0.1) is 0 Å². The van der Waals surface area contributed by atoms with E-state index in [0.717, 1.165) is 31.2 Å². The third-order valence-corrected chi connectivity index (χ3v) is 6.59. The van der Waals surface area contributed by atoms with E-state index >= 15 is 0 Å². The van der Waals surface area contributed by atoms with E-state index in [1.165, 1.54) is 0 Å². The molecule has 1 amide bonds. The Morgan fingerprint density at radius 1 is 1.19 bits per heavy atom. The van der Waals surface area contributed by atoms with Gasteiger partial charge in [-0.05, 0) is 57.4 Å². The highest BCUT2D eigenvalue weighted by atomic mass is 16.5. The first-order valence-electron chi connectivity index (χ1n) is 11.4. The van der Waals surface area contributed by atoms with E-state index in [1.807, 2.05) is 30.3 Å². The van der Waals surface area contributed by atoms with Gasteiger partial charge in [0.15, 0.2) is 0 Å². The third-order valence-electron chi connectivity index (χ3n) is 6.59. The van der Waals surface area contributed by atoms with Crippen LogP contribution in [0.1, 0.15) is 57.9 Å². The average molecular weight is 431 g/mol. The number of amides is 1. The predicted octanol–water partition coefficient (Wildman–Crippen LogP) is 2.77. The lowest BCUT2D eigenvalue weighted by molar-refractivity contribution is -0.155. The molecule has 0 spiro atoms. The molecule has 1 saturated carbocycles. The number of ether oxygens (including phenoxy) is 1. The van der Waals surface area contributed by atoms with E-state index in [0.29, 0.717) is 25.2 Å². The summed E-state index contributed by atoms with van der Waals surface area (Å²) in [5, 5.41) is 12.7. The number of rotatable bonds is 9. The number of benzene rings is 1. The number of carbonyl (C=O) groups excluding carboxylic acids is 2. The van der Waals surface area contributed by atoms with Gasteiger partial charge in [-0.1, -0.05) is 43.2 Å². The van der Waals surface area contributed by atoms with E-state index < -0.39 is 24.1 Å². The Morgan fingerprint density at radius 2 is 1.90 bits per heavy atom. The second-order valence-corrected chi connectivity index (χ2v) is 8.66. The van der Waals surface area contributed by atoms with E-state index in [4.69, 9.17) is 4.74 Å². The van der Waals surface area contributed by atoms with Gasteiger partial charge in [-0.3, -0.25) is 14.9 Å². The zero-order valence-corrected chi connectivity index (χ0v) is 18.5. The lowest BCUT2D eigenvalue weighted by atomic mass is 9.84. The third kappa shape index (κ3) is 5.64. The largest absolute Gasteiger partial charge is 0.480 e. The molecule has 3 rings (SSSR count). The van der Waals surface area contributed by atoms with Gasteiger partial charge in [0, 0.05) is 6.04 Å². The van der Waals surface area contributed by atoms with E-state index in [-0.39, 0.29) is 24.5 Å². The second-order valence-electron chi connectivity index (χ2n) is 8.66. The van der Waals surface area contributed by atoms with Gasteiger partial charge in [0.05, 0.1) is 12.6 Å². The Balaban J connectivity index is 1.68. The van der Waals surface area contributed by atoms with Crippen LogP contribution in [0.2, 0.25) is 0 Å². The molecule has 31 heavy (non-hydrogen) atoms. The first kappa shape index (κ1) is 23.3. The van der Waals surface area contributed by atoms with Crippen molar-refractivity contribution in [1.82, 2.24) is 10.2 Å². The number of likely N-dealkylation sites (tertiary alicyclic amines) is 1. The highest BCUT2D eigenvalue weighted by Crippen LogP contribution is 2.40. The highest BCUT2D eigenvalue weighted by molar-refractivity contribution is 5.89. The lowest BCUT2D eigenvalue weighted by Crippen LogP contribution is -2.55. The number of aryl methyl sites for hydroxylation is 1. The molecule has 2 aliphatic rings. The Morgan fingerprint density at radius 3 is 2.58 bits per heavy atom. The van der Waals surface area contributed by atoms with Crippen LogP contribution >= 0.6 is 0 Å². The van der Waals surface area contributed by atoms with Crippen LogP contribution in [0.3, 0.4) is 0 Å². The van der Waals surface area contributed by atoms with Gasteiger partial charge >= 0.3 is 11.9 Å². The van der Waals surface area contributed by atoms with Crippen LogP contribution < -0.4 is 5.32 Å². The summed E-state index contributed by atoms with van der Waals surface area (Å²) < 4.78 is 5.25. The van der Waals surface area contributed by atoms with Crippen LogP contribution in [-0.2, 0) is 25.5 Å². The molecule has 1 aliphatic carbocycles. The molecule has 7 nitrogen and oxygen atoms in total. The minimum atomic E-state index is -0.977. The quantitative estimate of drug-likeness (QED) is 0.585. The van der Waals surface area contributed by atoms with E-state index in [2.05, 4.69) is 5.32 Å². The molecule has 1 aromatic carbocycles. The Hall–Kier alpha value is -2.41. The van der Waals surface area contributed by atoms with Gasteiger partial charge in [-0.25, -0.2) is 4.79 Å². The molecule has 5 atom stereocenters. The molecule has 0 aromatic heterocycles. The average Bonchev–Trinajstić information content (AvgIpc) is 3.16. The number of nitrogens with one attached hydrogen (secondary N) is 1. The molecule has 0 bridgehead atoms. The molecule has 0 radical (unpaired) electrons. The number of esters is 1. The summed E-state index contributed by atoms with van der Waals surface area (Å²) in [7, 11) is 0. The highest BCUT2D eigenvalue weighted by Gasteiger charge is 2.49. The van der Waals surface area contributed by atoms with Gasteiger partial charge in [0.2, 0.25) is 5.91 Å². The summed E-state index contributed by atoms with van der Waals surface area (Å²) in [5.74, 6) is -1.23. The summed E-state index contributed by atoms with van der Waals surface area (Å²) in [5.41, 5.74) is 1.06. The zero-order chi connectivity index (χ0) is 22.4. The van der Waals surface area contributed by atoms with Crippen molar-refractivity contribution in [3.63, 3.8) is 0 Å². The monoisotopic (exact) mass is 430 g/mol. The molecule has 1 saturated heterocycles. The second kappa shape index (κ2) is 10.8. The fourth-order valence-corrected chi connectivity index (χ4v) is 5.06. The number of hydrogen-bond acceptors (Lipinski definition) is 5. The normalized spacial score (nSPS) is 24.8. The van der Waals surface area contributed by atoms with Gasteiger partial charge < -0.3 is 14.7 Å². The lowest BCUT2D eigenvalue weighted by Gasteiger charge is -2.35. The van der Waals surface area contributed by atoms with Gasteiger partial charge in [0.1, 0.15) is 12.1 Å². The molecular formula is C24H34N2O5. The predicted molar refractivity (Wildman–Crippen MR) is 116 cm³/mol. The van der Waals surface area contributed by atoms with E-state index in [1.54, 1.807) is 18.7 Å². The fourth-order valence-electron chi connectivity index (χ4n) is 5.06. The Labute approximate surface area is 184 Å². The molecule has 1 aromatic rings. The van der Waals surface area contributed by atoms with Crippen LogP contribution in [0.5, 0.6) is 0 Å². The van der Waals surface area contributed by atoms with Crippen molar-refractivity contribution in [2.24, 2.45) is 5.92 Å². The molecule has 2 fully saturated rings. The van der Waals surface area contributed by atoms with Crippen molar-refractivity contribution >= 4 is 17.8 Å². The number of carboxylic acid groups (broad SMARTS) is 1. The number of aliphatic carboxylic acids is 1. The maximum absolute atomic E-state index is 13.4. The minimum Gasteiger partial charge on any atom is -0.480 e. The maximum atomic E-state index is 13.4. The molecule has 1 aliphatic heterocycles. The van der Waals surface area contributed by atoms with Gasteiger partial charge in [0.25, 0.3) is 0 Å². The Bertz CT molecular complexity index is 768. The molecular weight excluding hydrogens is 396 g/mol. The number of hydrogen-bond donors (Lipinski definition) is 2. The van der Waals surface area contributed by atoms with Crippen LogP contribution in [-0.4, -0.2) is 58.6 Å². The smallest absolute Gasteiger partial charge is 0.328 e. The standard InChI is InChI=1S/C24H34N2O5/c1-3-31-24(30)21-15-18-11-7-8-12-20(18)26(21)22(27)16(2)25-19(23(28)29)14-13-17-9-5-4-6-10-17/h4-6,9-10,16,18-21,25H,3,7-8,11-15H2,1-2H3,(H,28,29)/t16-,18-,19-,20-,21-/m0/s1. The molecule has 7 heteroatoms. The van der Waals surface area contributed by atoms with Crippen LogP contribution in [0, 0.1) is 5.92 Å². The topological polar surface area (TPSA) is 95.9 Å². The molecule has 2 N–H and O–H groups in total. The summed E-state index contributed by atoms with van der Waals surface area (Å²) in [6.07, 6.45) is 5.68. The van der Waals surface area contributed by atoms with Crippen molar-refractivity contribution in [1.29, 1.82) is 0 Å². The molecule has 1 heterocycles. The van der Waals surface area contributed by atoms with Crippen molar-refractivity contribution in [3.8, 4) is 0 Å². The van der Waals surface area contributed by atoms with Crippen LogP contribution in [0.4, 0.5) is 0 Å². The van der Waals surface area contributed by atoms with Crippen molar-refractivity contribution in [2.45, 2.75) is 83.0 Å². The zero-order valence-electron chi connectivity index (χ0n) is 18.5. The van der Waals surface area contributed by atoms with Crippen LogP contribution in [0.15, 0.2) is 30.3 Å². The number of carbonyl (C=O) groups is 3. The first-order chi connectivity index (χ1) is 14.9. The van der Waals surface area contributed by atoms with Crippen molar-refractivity contribution in [3.05, 3.63) is 35.9 Å². The van der Waals surface area contributed by atoms with Crippen LogP contribution in [0.25, 0.3) is 0 Å². The van der Waals surface area contributed by atoms with Crippen molar-refractivity contribution < 1.29 is 24.2 Å². The first-order valence-corrected chi connectivity index (χ1v) is 11.4. The maximum Gasteiger partial charge on any atom is 0.328 e. The fraction of sp³-hybridized carbons (Fsp3) is 0.625. The molecule has 0 unspecified atom stereocenters. The molecule has 170 valence electrons. The SMILES string of the molecule is CCOC(=O)[C@@H]1C[C@@H]2CCCC[C@@H]2N1C(=O)[C@H](C)N[C@@H](CCc1ccccc1)C(=O)O. The minimum absolute atomic E-state index is 0.0347.